The van der Waals surface area contributed by atoms with E-state index in [2.05, 4.69) is 25.1 Å². The smallest absolute Gasteiger partial charge is 0.161 e. The van der Waals surface area contributed by atoms with Gasteiger partial charge in [0, 0.05) is 35.8 Å². The molecule has 2 N–H and O–H groups in total. The molecule has 8 nitrogen and oxygen atoms in total. The summed E-state index contributed by atoms with van der Waals surface area (Å²) in [7, 11) is 1.50. The van der Waals surface area contributed by atoms with Crippen molar-refractivity contribution >= 4 is 22.1 Å². The molecule has 166 valence electrons. The fraction of sp³-hybridized carbons (Fsp3) is 0.0800. The maximum Gasteiger partial charge on any atom is 0.161 e. The Balaban J connectivity index is 1.51. The maximum atomic E-state index is 14.1. The van der Waals surface area contributed by atoms with Crippen molar-refractivity contribution in [1.82, 2.24) is 35.1 Å². The molecule has 0 saturated carbocycles. The summed E-state index contributed by atoms with van der Waals surface area (Å²) in [5, 5.41) is 7.49. The Morgan fingerprint density at radius 3 is 2.65 bits per heavy atom. The Kier molecular flexibility index (Phi) is 4.54. The van der Waals surface area contributed by atoms with Gasteiger partial charge in [-0.15, -0.1) is 0 Å². The standard InChI is InChI=1S/C25H18FN7O/c1-13-5-7-27-12-17(13)18-3-4-20-23(29-18)24(33-32-20)25-30-19-6-8-28-21(22(19)31-25)14-9-15(26)11-16(10-14)34-2/h3-12H,1-2H3,(H,30,31)(H,32,33). The van der Waals surface area contributed by atoms with E-state index in [9.17, 15) is 4.39 Å². The molecule has 5 heterocycles. The molecule has 6 aromatic rings. The first-order chi connectivity index (χ1) is 16.6. The van der Waals surface area contributed by atoms with Crippen molar-refractivity contribution in [3.8, 4) is 39.8 Å². The number of aromatic amines is 2. The number of hydrogen-bond donors (Lipinski definition) is 2. The number of fused-ring (bicyclic) bond motifs is 2. The Morgan fingerprint density at radius 2 is 1.79 bits per heavy atom. The van der Waals surface area contributed by atoms with Gasteiger partial charge in [-0.2, -0.15) is 5.10 Å². The summed E-state index contributed by atoms with van der Waals surface area (Å²) in [6, 6.07) is 12.1. The van der Waals surface area contributed by atoms with Crippen LogP contribution in [0.25, 0.3) is 56.1 Å². The number of pyridine rings is 3. The highest BCUT2D eigenvalue weighted by Gasteiger charge is 2.18. The molecule has 0 fully saturated rings. The minimum absolute atomic E-state index is 0.408. The van der Waals surface area contributed by atoms with E-state index >= 15 is 0 Å². The molecule has 34 heavy (non-hydrogen) atoms. The van der Waals surface area contributed by atoms with Gasteiger partial charge < -0.3 is 9.72 Å². The number of nitrogens with one attached hydrogen (secondary N) is 2. The van der Waals surface area contributed by atoms with E-state index in [4.69, 9.17) is 14.7 Å². The van der Waals surface area contributed by atoms with Crippen molar-refractivity contribution in [2.75, 3.05) is 7.11 Å². The summed E-state index contributed by atoms with van der Waals surface area (Å²) in [4.78, 5) is 21.6. The van der Waals surface area contributed by atoms with Gasteiger partial charge >= 0.3 is 0 Å². The van der Waals surface area contributed by atoms with Gasteiger partial charge in [-0.3, -0.25) is 15.1 Å². The molecule has 9 heteroatoms. The summed E-state index contributed by atoms with van der Waals surface area (Å²) >= 11 is 0. The van der Waals surface area contributed by atoms with E-state index in [1.54, 1.807) is 24.7 Å². The number of benzene rings is 1. The van der Waals surface area contributed by atoms with E-state index in [-0.39, 0.29) is 0 Å². The summed E-state index contributed by atoms with van der Waals surface area (Å²) in [5.74, 6) is 0.529. The third kappa shape index (κ3) is 3.25. The van der Waals surface area contributed by atoms with Crippen LogP contribution in [0.2, 0.25) is 0 Å². The quantitative estimate of drug-likeness (QED) is 0.387. The van der Waals surface area contributed by atoms with Crippen molar-refractivity contribution in [2.45, 2.75) is 6.92 Å². The van der Waals surface area contributed by atoms with Gasteiger partial charge in [-0.05, 0) is 48.9 Å². The van der Waals surface area contributed by atoms with Crippen molar-refractivity contribution in [3.05, 3.63) is 72.4 Å². The first-order valence-electron chi connectivity index (χ1n) is 10.6. The molecule has 1 aromatic carbocycles. The monoisotopic (exact) mass is 451 g/mol. The fourth-order valence-corrected chi connectivity index (χ4v) is 4.02. The van der Waals surface area contributed by atoms with Crippen molar-refractivity contribution in [2.24, 2.45) is 0 Å². The molecule has 0 atom stereocenters. The van der Waals surface area contributed by atoms with Gasteiger partial charge in [-0.1, -0.05) is 0 Å². The van der Waals surface area contributed by atoms with Gasteiger partial charge in [0.1, 0.15) is 22.6 Å². The number of aryl methyl sites for hydroxylation is 1. The number of rotatable bonds is 4. The molecule has 0 aliphatic rings. The fourth-order valence-electron chi connectivity index (χ4n) is 4.02. The summed E-state index contributed by atoms with van der Waals surface area (Å²) < 4.78 is 19.4. The molecule has 6 rings (SSSR count). The number of H-pyrrole nitrogens is 2. The second-order valence-electron chi connectivity index (χ2n) is 7.88. The van der Waals surface area contributed by atoms with Gasteiger partial charge in [0.25, 0.3) is 0 Å². The number of halogens is 1. The number of nitrogens with zero attached hydrogens (tertiary/aromatic N) is 5. The normalized spacial score (nSPS) is 11.4. The van der Waals surface area contributed by atoms with Crippen LogP contribution in [0, 0.1) is 12.7 Å². The number of ether oxygens (including phenoxy) is 1. The second kappa shape index (κ2) is 7.73. The Labute approximate surface area is 192 Å². The van der Waals surface area contributed by atoms with Crippen molar-refractivity contribution in [1.29, 1.82) is 0 Å². The predicted molar refractivity (Wildman–Crippen MR) is 127 cm³/mol. The third-order valence-electron chi connectivity index (χ3n) is 5.73. The Morgan fingerprint density at radius 1 is 0.912 bits per heavy atom. The number of imidazole rings is 1. The highest BCUT2D eigenvalue weighted by molar-refractivity contribution is 5.95. The van der Waals surface area contributed by atoms with Gasteiger partial charge in [0.05, 0.1) is 29.5 Å². The second-order valence-corrected chi connectivity index (χ2v) is 7.88. The zero-order valence-electron chi connectivity index (χ0n) is 18.3. The lowest BCUT2D eigenvalue weighted by Gasteiger charge is -2.05. The van der Waals surface area contributed by atoms with E-state index in [0.717, 1.165) is 27.9 Å². The lowest BCUT2D eigenvalue weighted by atomic mass is 10.1. The molecule has 0 spiro atoms. The third-order valence-corrected chi connectivity index (χ3v) is 5.73. The van der Waals surface area contributed by atoms with Crippen LogP contribution in [0.15, 0.2) is 61.1 Å². The lowest BCUT2D eigenvalue weighted by molar-refractivity contribution is 0.411. The summed E-state index contributed by atoms with van der Waals surface area (Å²) in [6.07, 6.45) is 5.21. The molecule has 0 bridgehead atoms. The minimum Gasteiger partial charge on any atom is -0.497 e. The van der Waals surface area contributed by atoms with E-state index in [1.165, 1.54) is 19.2 Å². The predicted octanol–water partition coefficient (Wildman–Crippen LogP) is 5.08. The average molecular weight is 451 g/mol. The van der Waals surface area contributed by atoms with Crippen LogP contribution >= 0.6 is 0 Å². The maximum absolute atomic E-state index is 14.1. The number of hydrogen-bond acceptors (Lipinski definition) is 6. The average Bonchev–Trinajstić information content (AvgIpc) is 3.47. The highest BCUT2D eigenvalue weighted by Crippen LogP contribution is 2.32. The topological polar surface area (TPSA) is 105 Å². The first-order valence-corrected chi connectivity index (χ1v) is 10.6. The zero-order valence-corrected chi connectivity index (χ0v) is 18.3. The van der Waals surface area contributed by atoms with E-state index in [0.29, 0.717) is 39.6 Å². The van der Waals surface area contributed by atoms with E-state index in [1.807, 2.05) is 31.2 Å². The van der Waals surface area contributed by atoms with Crippen molar-refractivity contribution in [3.63, 3.8) is 0 Å². The number of aromatic nitrogens is 7. The Bertz CT molecular complexity index is 1690. The summed E-state index contributed by atoms with van der Waals surface area (Å²) in [5.41, 5.74) is 7.33. The minimum atomic E-state index is -0.412. The first kappa shape index (κ1) is 20.0. The van der Waals surface area contributed by atoms with Gasteiger partial charge in [0.15, 0.2) is 11.5 Å². The SMILES string of the molecule is COc1cc(F)cc(-c2nccc3[nH]c(-c4n[nH]c5ccc(-c6cnccc6C)nc45)nc23)c1. The van der Waals surface area contributed by atoms with Crippen LogP contribution < -0.4 is 4.74 Å². The molecule has 0 saturated heterocycles. The zero-order chi connectivity index (χ0) is 23.2. The van der Waals surface area contributed by atoms with E-state index < -0.39 is 5.82 Å². The summed E-state index contributed by atoms with van der Waals surface area (Å²) in [6.45, 7) is 2.02. The van der Waals surface area contributed by atoms with Gasteiger partial charge in [-0.25, -0.2) is 14.4 Å². The molecule has 0 amide bonds. The van der Waals surface area contributed by atoms with Crippen LogP contribution in [0.4, 0.5) is 4.39 Å². The van der Waals surface area contributed by atoms with Crippen molar-refractivity contribution < 1.29 is 9.13 Å². The number of methoxy groups -OCH3 is 1. The van der Waals surface area contributed by atoms with Crippen LogP contribution in [0.3, 0.4) is 0 Å². The largest absolute Gasteiger partial charge is 0.497 e. The van der Waals surface area contributed by atoms with Crippen LogP contribution in [0.1, 0.15) is 5.56 Å². The lowest BCUT2D eigenvalue weighted by Crippen LogP contribution is -1.90. The molecule has 0 radical (unpaired) electrons. The highest BCUT2D eigenvalue weighted by atomic mass is 19.1. The van der Waals surface area contributed by atoms with Crippen LogP contribution in [0.5, 0.6) is 5.75 Å². The molecular formula is C25H18FN7O. The molecule has 0 unspecified atom stereocenters. The molecule has 0 aliphatic heterocycles. The van der Waals surface area contributed by atoms with Crippen LogP contribution in [-0.4, -0.2) is 42.2 Å². The van der Waals surface area contributed by atoms with Crippen LogP contribution in [-0.2, 0) is 0 Å². The molecule has 5 aromatic heterocycles. The molecule has 0 aliphatic carbocycles. The van der Waals surface area contributed by atoms with Gasteiger partial charge in [0.2, 0.25) is 0 Å². The molecular weight excluding hydrogens is 433 g/mol. The Hall–Kier alpha value is -4.66.